The molecule has 86 valence electrons. The third-order valence-corrected chi connectivity index (χ3v) is 2.56. The highest BCUT2D eigenvalue weighted by molar-refractivity contribution is 5.69. The molecular weight excluding hydrogens is 218 g/mol. The first-order valence-corrected chi connectivity index (χ1v) is 5.16. The summed E-state index contributed by atoms with van der Waals surface area (Å²) in [5.41, 5.74) is 2.27. The summed E-state index contributed by atoms with van der Waals surface area (Å²) in [6, 6.07) is 13.8. The number of benzene rings is 2. The molecule has 0 saturated heterocycles. The van der Waals surface area contributed by atoms with Gasteiger partial charge >= 0.3 is 0 Å². The highest BCUT2D eigenvalue weighted by Gasteiger charge is 2.11. The Bertz CT molecular complexity index is 538. The van der Waals surface area contributed by atoms with E-state index in [2.05, 4.69) is 0 Å². The van der Waals surface area contributed by atoms with E-state index in [0.717, 1.165) is 5.56 Å². The lowest BCUT2D eigenvalue weighted by Crippen LogP contribution is -1.93. The second kappa shape index (κ2) is 4.76. The zero-order valence-corrected chi connectivity index (χ0v) is 9.04. The lowest BCUT2D eigenvalue weighted by Gasteiger charge is -2.07. The van der Waals surface area contributed by atoms with E-state index in [1.807, 2.05) is 30.3 Å². The van der Waals surface area contributed by atoms with Crippen LogP contribution in [-0.2, 0) is 6.61 Å². The molecule has 2 aromatic rings. The van der Waals surface area contributed by atoms with Crippen LogP contribution in [0.1, 0.15) is 5.56 Å². The Hall–Kier alpha value is -2.20. The molecule has 0 amide bonds. The molecular formula is C13H11NO3. The molecule has 2 rings (SSSR count). The molecule has 0 fully saturated rings. The zero-order chi connectivity index (χ0) is 12.3. The summed E-state index contributed by atoms with van der Waals surface area (Å²) in [7, 11) is 0. The molecule has 0 unspecified atom stereocenters. The predicted molar refractivity (Wildman–Crippen MR) is 64.5 cm³/mol. The number of rotatable bonds is 3. The van der Waals surface area contributed by atoms with Gasteiger partial charge in [0.25, 0.3) is 5.69 Å². The van der Waals surface area contributed by atoms with E-state index in [-0.39, 0.29) is 12.3 Å². The van der Waals surface area contributed by atoms with E-state index in [4.69, 9.17) is 0 Å². The largest absolute Gasteiger partial charge is 0.392 e. The van der Waals surface area contributed by atoms with Crippen molar-refractivity contribution in [2.75, 3.05) is 0 Å². The normalized spacial score (nSPS) is 10.2. The predicted octanol–water partition coefficient (Wildman–Crippen LogP) is 2.75. The first-order valence-electron chi connectivity index (χ1n) is 5.16. The SMILES string of the molecule is O=[N+]([O-])c1ccc(CO)c(-c2ccccc2)c1. The Morgan fingerprint density at radius 1 is 1.12 bits per heavy atom. The van der Waals surface area contributed by atoms with Crippen LogP contribution >= 0.6 is 0 Å². The van der Waals surface area contributed by atoms with Gasteiger partial charge in [-0.3, -0.25) is 10.1 Å². The van der Waals surface area contributed by atoms with Crippen LogP contribution in [0, 0.1) is 10.1 Å². The third kappa shape index (κ3) is 2.32. The maximum Gasteiger partial charge on any atom is 0.270 e. The molecule has 0 aliphatic carbocycles. The van der Waals surface area contributed by atoms with Gasteiger partial charge < -0.3 is 5.11 Å². The average molecular weight is 229 g/mol. The molecule has 0 radical (unpaired) electrons. The van der Waals surface area contributed by atoms with Crippen LogP contribution < -0.4 is 0 Å². The summed E-state index contributed by atoms with van der Waals surface area (Å²) in [4.78, 5) is 10.3. The summed E-state index contributed by atoms with van der Waals surface area (Å²) < 4.78 is 0. The number of non-ortho nitro benzene ring substituents is 1. The first kappa shape index (κ1) is 11.3. The van der Waals surface area contributed by atoms with Crippen molar-refractivity contribution < 1.29 is 10.0 Å². The fourth-order valence-corrected chi connectivity index (χ4v) is 1.70. The fourth-order valence-electron chi connectivity index (χ4n) is 1.70. The summed E-state index contributed by atoms with van der Waals surface area (Å²) in [6.07, 6.45) is 0. The fraction of sp³-hybridized carbons (Fsp3) is 0.0769. The van der Waals surface area contributed by atoms with E-state index < -0.39 is 4.92 Å². The summed E-state index contributed by atoms with van der Waals surface area (Å²) in [6.45, 7) is -0.137. The number of aliphatic hydroxyl groups excluding tert-OH is 1. The number of nitro benzene ring substituents is 1. The van der Waals surface area contributed by atoms with Crippen molar-refractivity contribution in [3.05, 3.63) is 64.2 Å². The van der Waals surface area contributed by atoms with Crippen molar-refractivity contribution in [1.82, 2.24) is 0 Å². The van der Waals surface area contributed by atoms with Crippen molar-refractivity contribution in [1.29, 1.82) is 0 Å². The summed E-state index contributed by atoms with van der Waals surface area (Å²) in [5, 5.41) is 20.0. The van der Waals surface area contributed by atoms with Gasteiger partial charge in [0.05, 0.1) is 11.5 Å². The Labute approximate surface area is 98.3 Å². The molecule has 0 bridgehead atoms. The van der Waals surface area contributed by atoms with Crippen LogP contribution in [0.2, 0.25) is 0 Å². The quantitative estimate of drug-likeness (QED) is 0.650. The van der Waals surface area contributed by atoms with Crippen LogP contribution in [0.5, 0.6) is 0 Å². The van der Waals surface area contributed by atoms with Crippen molar-refractivity contribution in [3.8, 4) is 11.1 Å². The minimum absolute atomic E-state index is 0.0288. The van der Waals surface area contributed by atoms with Crippen molar-refractivity contribution >= 4 is 5.69 Å². The summed E-state index contributed by atoms with van der Waals surface area (Å²) >= 11 is 0. The van der Waals surface area contributed by atoms with Crippen LogP contribution in [0.3, 0.4) is 0 Å². The molecule has 0 aromatic heterocycles. The van der Waals surface area contributed by atoms with Crippen LogP contribution in [0.25, 0.3) is 11.1 Å². The highest BCUT2D eigenvalue weighted by atomic mass is 16.6. The molecule has 2 aromatic carbocycles. The Morgan fingerprint density at radius 2 is 1.82 bits per heavy atom. The molecule has 0 saturated carbocycles. The second-order valence-electron chi connectivity index (χ2n) is 3.62. The monoisotopic (exact) mass is 229 g/mol. The minimum Gasteiger partial charge on any atom is -0.392 e. The van der Waals surface area contributed by atoms with E-state index in [9.17, 15) is 15.2 Å². The Kier molecular flexibility index (Phi) is 3.16. The van der Waals surface area contributed by atoms with E-state index in [0.29, 0.717) is 11.1 Å². The number of nitro groups is 1. The maximum atomic E-state index is 10.7. The van der Waals surface area contributed by atoms with Crippen molar-refractivity contribution in [2.24, 2.45) is 0 Å². The van der Waals surface area contributed by atoms with Crippen LogP contribution in [0.4, 0.5) is 5.69 Å². The van der Waals surface area contributed by atoms with Gasteiger partial charge in [-0.15, -0.1) is 0 Å². The van der Waals surface area contributed by atoms with Gasteiger partial charge in [0.1, 0.15) is 0 Å². The second-order valence-corrected chi connectivity index (χ2v) is 3.62. The highest BCUT2D eigenvalue weighted by Crippen LogP contribution is 2.27. The van der Waals surface area contributed by atoms with Crippen molar-refractivity contribution in [3.63, 3.8) is 0 Å². The van der Waals surface area contributed by atoms with Crippen LogP contribution in [0.15, 0.2) is 48.5 Å². The number of hydrogen-bond acceptors (Lipinski definition) is 3. The van der Waals surface area contributed by atoms with Crippen molar-refractivity contribution in [2.45, 2.75) is 6.61 Å². The lowest BCUT2D eigenvalue weighted by molar-refractivity contribution is -0.384. The van der Waals surface area contributed by atoms with E-state index in [1.165, 1.54) is 12.1 Å². The number of aliphatic hydroxyl groups is 1. The molecule has 17 heavy (non-hydrogen) atoms. The number of hydrogen-bond donors (Lipinski definition) is 1. The zero-order valence-electron chi connectivity index (χ0n) is 9.04. The van der Waals surface area contributed by atoms with E-state index >= 15 is 0 Å². The molecule has 4 nitrogen and oxygen atoms in total. The standard InChI is InChI=1S/C13H11NO3/c15-9-11-6-7-12(14(16)17)8-13(11)10-4-2-1-3-5-10/h1-8,15H,9H2. The Morgan fingerprint density at radius 3 is 2.41 bits per heavy atom. The molecule has 0 atom stereocenters. The van der Waals surface area contributed by atoms with Gasteiger partial charge in [-0.2, -0.15) is 0 Å². The van der Waals surface area contributed by atoms with Gasteiger partial charge in [-0.25, -0.2) is 0 Å². The molecule has 0 aliphatic rings. The molecule has 4 heteroatoms. The van der Waals surface area contributed by atoms with Gasteiger partial charge in [0.15, 0.2) is 0 Å². The summed E-state index contributed by atoms with van der Waals surface area (Å²) in [5.74, 6) is 0. The van der Waals surface area contributed by atoms with Gasteiger partial charge in [-0.05, 0) is 22.8 Å². The maximum absolute atomic E-state index is 10.7. The first-order chi connectivity index (χ1) is 8.22. The van der Waals surface area contributed by atoms with Gasteiger partial charge in [0.2, 0.25) is 0 Å². The minimum atomic E-state index is -0.437. The molecule has 1 N–H and O–H groups in total. The van der Waals surface area contributed by atoms with Crippen LogP contribution in [-0.4, -0.2) is 10.0 Å². The lowest BCUT2D eigenvalue weighted by atomic mass is 9.99. The third-order valence-electron chi connectivity index (χ3n) is 2.56. The Balaban J connectivity index is 2.58. The van der Waals surface area contributed by atoms with Gasteiger partial charge in [-0.1, -0.05) is 30.3 Å². The topological polar surface area (TPSA) is 63.4 Å². The average Bonchev–Trinajstić information content (AvgIpc) is 2.39. The smallest absolute Gasteiger partial charge is 0.270 e. The molecule has 0 spiro atoms. The molecule has 0 heterocycles. The van der Waals surface area contributed by atoms with Gasteiger partial charge in [0, 0.05) is 12.1 Å². The molecule has 0 aliphatic heterocycles. The number of nitrogens with zero attached hydrogens (tertiary/aromatic N) is 1. The van der Waals surface area contributed by atoms with E-state index in [1.54, 1.807) is 6.07 Å².